The van der Waals surface area contributed by atoms with Crippen molar-refractivity contribution in [2.45, 2.75) is 219 Å². The maximum Gasteiger partial charge on any atom is 0.472 e. The van der Waals surface area contributed by atoms with Crippen LogP contribution in [0.1, 0.15) is 213 Å². The minimum Gasteiger partial charge on any atom is -0.462 e. The van der Waals surface area contributed by atoms with E-state index in [1.165, 1.54) is 70.6 Å². The zero-order chi connectivity index (χ0) is 52.0. The van der Waals surface area contributed by atoms with Crippen LogP contribution in [0.15, 0.2) is 109 Å². The molecule has 0 aliphatic carbocycles. The van der Waals surface area contributed by atoms with E-state index < -0.39 is 26.5 Å². The third kappa shape index (κ3) is 55.8. The number of nitrogens with zero attached hydrogens (tertiary/aromatic N) is 1. The van der Waals surface area contributed by atoms with Gasteiger partial charge in [-0.2, -0.15) is 0 Å². The van der Waals surface area contributed by atoms with E-state index in [9.17, 15) is 19.0 Å². The van der Waals surface area contributed by atoms with Crippen LogP contribution in [0.25, 0.3) is 0 Å². The highest BCUT2D eigenvalue weighted by molar-refractivity contribution is 7.47. The number of esters is 2. The number of phosphoric acid groups is 1. The van der Waals surface area contributed by atoms with Gasteiger partial charge in [0.15, 0.2) is 6.10 Å². The van der Waals surface area contributed by atoms with Gasteiger partial charge in [-0.15, -0.1) is 0 Å². The fourth-order valence-electron chi connectivity index (χ4n) is 7.24. The Kier molecular flexibility index (Phi) is 49.1. The standard InChI is InChI=1S/C61H104NO8P/c1-6-8-10-12-14-16-18-20-22-23-24-25-26-27-28-29-30-31-32-33-34-35-36-37-38-39-40-42-44-46-48-50-52-54-61(64)70-59(58-69-71(65,66)68-56-55-62(3,4)5)57-67-60(63)53-51-49-47-45-43-41-21-19-17-15-13-11-9-7-2/h8,10,14,16,20,22,24-25,27-28,30-31,33-34,36-37,39-40,59H,6-7,9,11-13,15,17-19,21,23,26,29,32,35,38,41-58H2,1-5H3/p+1/b10-8-,16-14-,22-20-,25-24-,28-27-,31-30-,34-33-,37-36-,40-39-. The Morgan fingerprint density at radius 3 is 1.20 bits per heavy atom. The van der Waals surface area contributed by atoms with E-state index >= 15 is 0 Å². The Morgan fingerprint density at radius 2 is 0.803 bits per heavy atom. The normalized spacial score (nSPS) is 14.2. The van der Waals surface area contributed by atoms with Crippen LogP contribution in [-0.2, 0) is 32.7 Å². The van der Waals surface area contributed by atoms with Crippen molar-refractivity contribution in [2.24, 2.45) is 0 Å². The van der Waals surface area contributed by atoms with E-state index in [0.717, 1.165) is 109 Å². The maximum atomic E-state index is 12.8. The summed E-state index contributed by atoms with van der Waals surface area (Å²) in [4.78, 5) is 35.6. The van der Waals surface area contributed by atoms with E-state index in [1.807, 2.05) is 21.1 Å². The van der Waals surface area contributed by atoms with Crippen molar-refractivity contribution in [1.29, 1.82) is 0 Å². The van der Waals surface area contributed by atoms with Crippen molar-refractivity contribution in [2.75, 3.05) is 47.5 Å². The summed E-state index contributed by atoms with van der Waals surface area (Å²) in [6.07, 6.45) is 71.5. The number of ether oxygens (including phenoxy) is 2. The molecule has 0 aliphatic rings. The molecule has 0 radical (unpaired) electrons. The zero-order valence-corrected chi connectivity index (χ0v) is 46.8. The van der Waals surface area contributed by atoms with Crippen LogP contribution < -0.4 is 0 Å². The molecule has 0 saturated heterocycles. The molecular weight excluding hydrogens is 906 g/mol. The molecule has 0 saturated carbocycles. The summed E-state index contributed by atoms with van der Waals surface area (Å²) in [6.45, 7) is 4.29. The molecule has 10 heteroatoms. The molecule has 0 spiro atoms. The minimum atomic E-state index is -4.39. The quantitative estimate of drug-likeness (QED) is 0.0211. The van der Waals surface area contributed by atoms with Crippen LogP contribution in [0.4, 0.5) is 0 Å². The van der Waals surface area contributed by atoms with Crippen LogP contribution in [0, 0.1) is 0 Å². The topological polar surface area (TPSA) is 108 Å². The van der Waals surface area contributed by atoms with Gasteiger partial charge in [-0.1, -0.05) is 226 Å². The largest absolute Gasteiger partial charge is 0.472 e. The van der Waals surface area contributed by atoms with Crippen molar-refractivity contribution in [3.05, 3.63) is 109 Å². The predicted molar refractivity (Wildman–Crippen MR) is 302 cm³/mol. The van der Waals surface area contributed by atoms with Gasteiger partial charge in [-0.05, 0) is 83.5 Å². The van der Waals surface area contributed by atoms with Crippen LogP contribution >= 0.6 is 7.82 Å². The van der Waals surface area contributed by atoms with Gasteiger partial charge in [-0.25, -0.2) is 4.57 Å². The number of likely N-dealkylation sites (N-methyl/N-ethyl adjacent to an activating group) is 1. The van der Waals surface area contributed by atoms with E-state index in [1.54, 1.807) is 0 Å². The Labute approximate surface area is 436 Å². The molecule has 1 N–H and O–H groups in total. The lowest BCUT2D eigenvalue weighted by Crippen LogP contribution is -2.37. The predicted octanol–water partition coefficient (Wildman–Crippen LogP) is 17.4. The molecule has 0 aliphatic heterocycles. The molecule has 2 unspecified atom stereocenters. The lowest BCUT2D eigenvalue weighted by molar-refractivity contribution is -0.870. The molecule has 0 heterocycles. The zero-order valence-electron chi connectivity index (χ0n) is 45.9. The Hall–Kier alpha value is -3.33. The molecule has 0 aromatic heterocycles. The second-order valence-electron chi connectivity index (χ2n) is 19.6. The SMILES string of the molecule is CC/C=C\C/C=C\C/C=C\C/C=C\C/C=C\C/C=C\C/C=C\C/C=C\C/C=C\CCCCCCCC(=O)OC(COC(=O)CCCCCCCCCCCCCCCC)COP(=O)(O)OCC[N+](C)(C)C. The van der Waals surface area contributed by atoms with Crippen LogP contribution in [0.3, 0.4) is 0 Å². The molecule has 0 fully saturated rings. The van der Waals surface area contributed by atoms with Gasteiger partial charge in [0.25, 0.3) is 0 Å². The summed E-state index contributed by atoms with van der Waals surface area (Å²) in [7, 11) is 1.45. The molecule has 0 aromatic carbocycles. The van der Waals surface area contributed by atoms with Crippen molar-refractivity contribution in [1.82, 2.24) is 0 Å². The highest BCUT2D eigenvalue weighted by atomic mass is 31.2. The molecule has 0 aromatic rings. The number of phosphoric ester groups is 1. The monoisotopic (exact) mass is 1010 g/mol. The first kappa shape index (κ1) is 67.7. The molecular formula is C61H105NO8P+. The van der Waals surface area contributed by atoms with Crippen molar-refractivity contribution >= 4 is 19.8 Å². The Bertz CT molecular complexity index is 1570. The van der Waals surface area contributed by atoms with Gasteiger partial charge in [0, 0.05) is 12.8 Å². The van der Waals surface area contributed by atoms with Crippen molar-refractivity contribution in [3.63, 3.8) is 0 Å². The third-order valence-electron chi connectivity index (χ3n) is 11.6. The van der Waals surface area contributed by atoms with E-state index in [-0.39, 0.29) is 32.0 Å². The number of unbranched alkanes of at least 4 members (excludes halogenated alkanes) is 18. The number of rotatable bonds is 50. The molecule has 71 heavy (non-hydrogen) atoms. The maximum absolute atomic E-state index is 12.8. The van der Waals surface area contributed by atoms with E-state index in [2.05, 4.69) is 123 Å². The molecule has 2 atom stereocenters. The van der Waals surface area contributed by atoms with E-state index in [0.29, 0.717) is 17.4 Å². The van der Waals surface area contributed by atoms with E-state index in [4.69, 9.17) is 18.5 Å². The lowest BCUT2D eigenvalue weighted by atomic mass is 10.0. The number of hydrogen-bond donors (Lipinski definition) is 1. The third-order valence-corrected chi connectivity index (χ3v) is 12.6. The Balaban J connectivity index is 4.23. The first-order valence-electron chi connectivity index (χ1n) is 28.1. The van der Waals surface area contributed by atoms with Crippen LogP contribution in [0.5, 0.6) is 0 Å². The highest BCUT2D eigenvalue weighted by Gasteiger charge is 2.27. The summed E-state index contributed by atoms with van der Waals surface area (Å²) in [6, 6.07) is 0. The van der Waals surface area contributed by atoms with Gasteiger partial charge in [0.05, 0.1) is 27.7 Å². The molecule has 0 rings (SSSR count). The van der Waals surface area contributed by atoms with Crippen LogP contribution in [-0.4, -0.2) is 74.9 Å². The number of carbonyl (C=O) groups excluding carboxylic acids is 2. The van der Waals surface area contributed by atoms with Gasteiger partial charge < -0.3 is 18.9 Å². The summed E-state index contributed by atoms with van der Waals surface area (Å²) < 4.78 is 34.5. The minimum absolute atomic E-state index is 0.0231. The van der Waals surface area contributed by atoms with Crippen molar-refractivity contribution in [3.8, 4) is 0 Å². The van der Waals surface area contributed by atoms with Crippen LogP contribution in [0.2, 0.25) is 0 Å². The average molecular weight is 1010 g/mol. The summed E-state index contributed by atoms with van der Waals surface area (Å²) in [5.41, 5.74) is 0. The number of carbonyl (C=O) groups is 2. The van der Waals surface area contributed by atoms with Gasteiger partial charge in [0.2, 0.25) is 0 Å². The summed E-state index contributed by atoms with van der Waals surface area (Å²) in [5, 5.41) is 0. The second kappa shape index (κ2) is 51.6. The van der Waals surface area contributed by atoms with Crippen molar-refractivity contribution < 1.29 is 42.1 Å². The van der Waals surface area contributed by atoms with Gasteiger partial charge in [-0.3, -0.25) is 18.6 Å². The average Bonchev–Trinajstić information content (AvgIpc) is 3.33. The molecule has 0 bridgehead atoms. The molecule has 0 amide bonds. The lowest BCUT2D eigenvalue weighted by Gasteiger charge is -2.24. The van der Waals surface area contributed by atoms with Gasteiger partial charge >= 0.3 is 19.8 Å². The van der Waals surface area contributed by atoms with Gasteiger partial charge in [0.1, 0.15) is 19.8 Å². The Morgan fingerprint density at radius 1 is 0.451 bits per heavy atom. The fraction of sp³-hybridized carbons (Fsp3) is 0.672. The highest BCUT2D eigenvalue weighted by Crippen LogP contribution is 2.43. The smallest absolute Gasteiger partial charge is 0.462 e. The second-order valence-corrected chi connectivity index (χ2v) is 21.0. The number of hydrogen-bond acceptors (Lipinski definition) is 7. The first-order valence-corrected chi connectivity index (χ1v) is 29.6. The molecule has 9 nitrogen and oxygen atoms in total. The first-order chi connectivity index (χ1) is 34.5. The fourth-order valence-corrected chi connectivity index (χ4v) is 7.98. The summed E-state index contributed by atoms with van der Waals surface area (Å²) >= 11 is 0. The molecule has 406 valence electrons. The number of allylic oxidation sites excluding steroid dienone is 18. The summed E-state index contributed by atoms with van der Waals surface area (Å²) in [5.74, 6) is -0.823. The number of quaternary nitrogens is 1.